The standard InChI is InChI=1S/C9H11BrO/c1-7(10)6-8-4-2-3-5-9(8)11/h2-5,7-8H,6H2,1H3. The molecule has 0 bridgehead atoms. The van der Waals surface area contributed by atoms with E-state index in [2.05, 4.69) is 22.9 Å². The minimum Gasteiger partial charge on any atom is -0.294 e. The molecule has 0 aliphatic heterocycles. The summed E-state index contributed by atoms with van der Waals surface area (Å²) in [6.07, 6.45) is 8.21. The van der Waals surface area contributed by atoms with E-state index in [9.17, 15) is 4.79 Å². The Bertz CT molecular complexity index is 204. The topological polar surface area (TPSA) is 17.1 Å². The van der Waals surface area contributed by atoms with Crippen molar-refractivity contribution in [2.45, 2.75) is 18.2 Å². The summed E-state index contributed by atoms with van der Waals surface area (Å²) in [6, 6.07) is 0. The SMILES string of the molecule is CC(Br)CC1C=CC=CC1=O. The van der Waals surface area contributed by atoms with Crippen LogP contribution in [0.4, 0.5) is 0 Å². The number of carbonyl (C=O) groups is 1. The Labute approximate surface area is 75.3 Å². The fourth-order valence-corrected chi connectivity index (χ4v) is 1.51. The molecule has 0 spiro atoms. The highest BCUT2D eigenvalue weighted by molar-refractivity contribution is 9.09. The lowest BCUT2D eigenvalue weighted by molar-refractivity contribution is -0.117. The third-order valence-corrected chi connectivity index (χ3v) is 2.03. The molecule has 2 unspecified atom stereocenters. The molecule has 0 amide bonds. The monoisotopic (exact) mass is 214 g/mol. The van der Waals surface area contributed by atoms with Gasteiger partial charge in [-0.1, -0.05) is 41.1 Å². The molecular weight excluding hydrogens is 204 g/mol. The zero-order valence-electron chi connectivity index (χ0n) is 6.46. The summed E-state index contributed by atoms with van der Waals surface area (Å²) in [5.74, 6) is 0.313. The largest absolute Gasteiger partial charge is 0.294 e. The van der Waals surface area contributed by atoms with Crippen LogP contribution in [0, 0.1) is 5.92 Å². The highest BCUT2D eigenvalue weighted by Gasteiger charge is 2.15. The molecule has 1 nitrogen and oxygen atoms in total. The fourth-order valence-electron chi connectivity index (χ4n) is 1.11. The van der Waals surface area contributed by atoms with E-state index < -0.39 is 0 Å². The van der Waals surface area contributed by atoms with E-state index in [1.807, 2.05) is 12.2 Å². The maximum absolute atomic E-state index is 11.2. The maximum Gasteiger partial charge on any atom is 0.162 e. The van der Waals surface area contributed by atoms with Gasteiger partial charge in [-0.2, -0.15) is 0 Å². The molecule has 0 N–H and O–H groups in total. The van der Waals surface area contributed by atoms with Gasteiger partial charge in [-0.05, 0) is 12.5 Å². The lowest BCUT2D eigenvalue weighted by atomic mass is 9.95. The van der Waals surface area contributed by atoms with Gasteiger partial charge in [0.1, 0.15) is 0 Å². The average molecular weight is 215 g/mol. The van der Waals surface area contributed by atoms with Crippen molar-refractivity contribution in [2.24, 2.45) is 5.92 Å². The molecule has 1 aliphatic carbocycles. The molecule has 0 heterocycles. The van der Waals surface area contributed by atoms with E-state index >= 15 is 0 Å². The van der Waals surface area contributed by atoms with Crippen LogP contribution in [0.2, 0.25) is 0 Å². The number of alkyl halides is 1. The van der Waals surface area contributed by atoms with Crippen LogP contribution < -0.4 is 0 Å². The van der Waals surface area contributed by atoms with Gasteiger partial charge in [-0.25, -0.2) is 0 Å². The number of carbonyl (C=O) groups excluding carboxylic acids is 1. The number of halogens is 1. The van der Waals surface area contributed by atoms with Gasteiger partial charge < -0.3 is 0 Å². The maximum atomic E-state index is 11.2. The molecule has 0 fully saturated rings. The second kappa shape index (κ2) is 3.86. The number of hydrogen-bond donors (Lipinski definition) is 0. The van der Waals surface area contributed by atoms with Crippen LogP contribution >= 0.6 is 15.9 Å². The molecule has 0 radical (unpaired) electrons. The highest BCUT2D eigenvalue weighted by atomic mass is 79.9. The lowest BCUT2D eigenvalue weighted by Crippen LogP contribution is -2.14. The Morgan fingerprint density at radius 3 is 2.91 bits per heavy atom. The first-order valence-corrected chi connectivity index (χ1v) is 4.64. The van der Waals surface area contributed by atoms with Crippen LogP contribution in [-0.2, 0) is 4.79 Å². The van der Waals surface area contributed by atoms with Crippen molar-refractivity contribution >= 4 is 21.7 Å². The van der Waals surface area contributed by atoms with Crippen molar-refractivity contribution in [1.82, 2.24) is 0 Å². The van der Waals surface area contributed by atoms with Crippen molar-refractivity contribution in [3.05, 3.63) is 24.3 Å². The molecule has 0 saturated carbocycles. The minimum atomic E-state index is 0.0920. The number of hydrogen-bond acceptors (Lipinski definition) is 1. The molecule has 0 aromatic heterocycles. The van der Waals surface area contributed by atoms with Crippen molar-refractivity contribution < 1.29 is 4.79 Å². The summed E-state index contributed by atoms with van der Waals surface area (Å²) in [6.45, 7) is 2.06. The second-order valence-corrected chi connectivity index (χ2v) is 4.33. The number of allylic oxidation sites excluding steroid dienone is 4. The number of rotatable bonds is 2. The summed E-state index contributed by atoms with van der Waals surface area (Å²) >= 11 is 3.43. The Kier molecular flexibility index (Phi) is 3.06. The Hall–Kier alpha value is -0.370. The van der Waals surface area contributed by atoms with Gasteiger partial charge in [0.15, 0.2) is 5.78 Å². The molecule has 2 heteroatoms. The average Bonchev–Trinajstić information content (AvgIpc) is 1.93. The van der Waals surface area contributed by atoms with Crippen molar-refractivity contribution in [1.29, 1.82) is 0 Å². The summed E-state index contributed by atoms with van der Waals surface area (Å²) in [5.41, 5.74) is 0. The van der Waals surface area contributed by atoms with Gasteiger partial charge in [-0.15, -0.1) is 0 Å². The Morgan fingerprint density at radius 1 is 1.64 bits per heavy atom. The van der Waals surface area contributed by atoms with Crippen LogP contribution in [0.1, 0.15) is 13.3 Å². The smallest absolute Gasteiger partial charge is 0.162 e. The lowest BCUT2D eigenvalue weighted by Gasteiger charge is -2.12. The van der Waals surface area contributed by atoms with E-state index in [0.29, 0.717) is 4.83 Å². The normalized spacial score (nSPS) is 25.6. The van der Waals surface area contributed by atoms with Crippen LogP contribution in [0.15, 0.2) is 24.3 Å². The Balaban J connectivity index is 2.52. The highest BCUT2D eigenvalue weighted by Crippen LogP contribution is 2.17. The molecule has 1 rings (SSSR count). The number of ketones is 1. The first-order valence-electron chi connectivity index (χ1n) is 3.73. The van der Waals surface area contributed by atoms with Gasteiger partial charge in [-0.3, -0.25) is 4.79 Å². The third-order valence-electron chi connectivity index (χ3n) is 1.66. The predicted molar refractivity (Wildman–Crippen MR) is 49.8 cm³/mol. The third kappa shape index (κ3) is 2.62. The van der Waals surface area contributed by atoms with Crippen molar-refractivity contribution in [3.8, 4) is 0 Å². The van der Waals surface area contributed by atoms with E-state index in [1.54, 1.807) is 12.2 Å². The zero-order valence-corrected chi connectivity index (χ0v) is 8.04. The van der Waals surface area contributed by atoms with E-state index in [-0.39, 0.29) is 11.7 Å². The molecular formula is C9H11BrO. The van der Waals surface area contributed by atoms with E-state index in [4.69, 9.17) is 0 Å². The zero-order chi connectivity index (χ0) is 8.27. The molecule has 60 valence electrons. The first-order chi connectivity index (χ1) is 5.20. The molecule has 0 aromatic carbocycles. The molecule has 11 heavy (non-hydrogen) atoms. The first kappa shape index (κ1) is 8.72. The molecule has 0 aromatic rings. The fraction of sp³-hybridized carbons (Fsp3) is 0.444. The van der Waals surface area contributed by atoms with E-state index in [0.717, 1.165) is 6.42 Å². The summed E-state index contributed by atoms with van der Waals surface area (Å²) < 4.78 is 0. The second-order valence-electron chi connectivity index (χ2n) is 2.77. The van der Waals surface area contributed by atoms with Crippen LogP contribution in [0.25, 0.3) is 0 Å². The van der Waals surface area contributed by atoms with Crippen LogP contribution in [-0.4, -0.2) is 10.6 Å². The minimum absolute atomic E-state index is 0.0920. The van der Waals surface area contributed by atoms with Crippen molar-refractivity contribution in [2.75, 3.05) is 0 Å². The van der Waals surface area contributed by atoms with E-state index in [1.165, 1.54) is 0 Å². The summed E-state index contributed by atoms with van der Waals surface area (Å²) in [5, 5.41) is 0. The van der Waals surface area contributed by atoms with Crippen LogP contribution in [0.5, 0.6) is 0 Å². The quantitative estimate of drug-likeness (QED) is 0.646. The van der Waals surface area contributed by atoms with Crippen LogP contribution in [0.3, 0.4) is 0 Å². The van der Waals surface area contributed by atoms with Gasteiger partial charge in [0.25, 0.3) is 0 Å². The summed E-state index contributed by atoms with van der Waals surface area (Å²) in [7, 11) is 0. The Morgan fingerprint density at radius 2 is 2.36 bits per heavy atom. The van der Waals surface area contributed by atoms with Gasteiger partial charge in [0, 0.05) is 10.7 Å². The predicted octanol–water partition coefficient (Wildman–Crippen LogP) is 2.47. The van der Waals surface area contributed by atoms with Gasteiger partial charge >= 0.3 is 0 Å². The molecule has 0 saturated heterocycles. The molecule has 2 atom stereocenters. The van der Waals surface area contributed by atoms with Crippen molar-refractivity contribution in [3.63, 3.8) is 0 Å². The van der Waals surface area contributed by atoms with Gasteiger partial charge in [0.05, 0.1) is 0 Å². The summed E-state index contributed by atoms with van der Waals surface area (Å²) in [4.78, 5) is 11.6. The molecule has 1 aliphatic rings. The van der Waals surface area contributed by atoms with Gasteiger partial charge in [0.2, 0.25) is 0 Å².